The van der Waals surface area contributed by atoms with Gasteiger partial charge >= 0.3 is 0 Å². The number of benzene rings is 1. The highest BCUT2D eigenvalue weighted by molar-refractivity contribution is 5.63. The van der Waals surface area contributed by atoms with Gasteiger partial charge in [0.05, 0.1) is 11.4 Å². The average molecular weight is 177 g/mol. The molecule has 3 heteroatoms. The van der Waals surface area contributed by atoms with Gasteiger partial charge in [-0.2, -0.15) is 0 Å². The van der Waals surface area contributed by atoms with Crippen molar-refractivity contribution in [1.29, 1.82) is 0 Å². The zero-order chi connectivity index (χ0) is 9.26. The fourth-order valence-electron chi connectivity index (χ4n) is 1.28. The van der Waals surface area contributed by atoms with Crippen molar-refractivity contribution >= 4 is 11.4 Å². The zero-order valence-electron chi connectivity index (χ0n) is 7.59. The van der Waals surface area contributed by atoms with Gasteiger partial charge in [0, 0.05) is 12.6 Å². The quantitative estimate of drug-likeness (QED) is 0.606. The van der Waals surface area contributed by atoms with Crippen LogP contribution in [0.1, 0.15) is 18.4 Å². The smallest absolute Gasteiger partial charge is 0.0551 e. The molecule has 0 saturated heterocycles. The predicted octanol–water partition coefficient (Wildman–Crippen LogP) is 1.10. The van der Waals surface area contributed by atoms with Crippen LogP contribution in [-0.4, -0.2) is 6.04 Å². The van der Waals surface area contributed by atoms with Crippen molar-refractivity contribution in [3.8, 4) is 0 Å². The number of hydrogen-bond acceptors (Lipinski definition) is 3. The number of nitrogens with one attached hydrogen (secondary N) is 1. The summed E-state index contributed by atoms with van der Waals surface area (Å²) >= 11 is 0. The second-order valence-corrected chi connectivity index (χ2v) is 3.62. The monoisotopic (exact) mass is 177 g/mol. The van der Waals surface area contributed by atoms with Crippen molar-refractivity contribution in [3.05, 3.63) is 23.8 Å². The Morgan fingerprint density at radius 1 is 1.23 bits per heavy atom. The molecule has 0 bridgehead atoms. The van der Waals surface area contributed by atoms with Crippen LogP contribution in [0.25, 0.3) is 0 Å². The number of rotatable bonds is 3. The third kappa shape index (κ3) is 2.12. The molecule has 1 aliphatic rings. The Morgan fingerprint density at radius 2 is 2.00 bits per heavy atom. The highest BCUT2D eigenvalue weighted by Crippen LogP contribution is 2.20. The molecule has 0 amide bonds. The first-order valence-electron chi connectivity index (χ1n) is 4.63. The fourth-order valence-corrected chi connectivity index (χ4v) is 1.28. The summed E-state index contributed by atoms with van der Waals surface area (Å²) in [4.78, 5) is 0. The van der Waals surface area contributed by atoms with E-state index in [-0.39, 0.29) is 0 Å². The van der Waals surface area contributed by atoms with E-state index in [2.05, 4.69) is 5.32 Å². The molecule has 13 heavy (non-hydrogen) atoms. The van der Waals surface area contributed by atoms with Crippen LogP contribution in [0, 0.1) is 0 Å². The summed E-state index contributed by atoms with van der Waals surface area (Å²) in [5.74, 6) is 0. The van der Waals surface area contributed by atoms with E-state index >= 15 is 0 Å². The van der Waals surface area contributed by atoms with Crippen LogP contribution in [-0.2, 0) is 6.54 Å². The van der Waals surface area contributed by atoms with Gasteiger partial charge in [-0.15, -0.1) is 0 Å². The van der Waals surface area contributed by atoms with Crippen molar-refractivity contribution in [1.82, 2.24) is 5.32 Å². The van der Waals surface area contributed by atoms with E-state index in [0.717, 1.165) is 12.6 Å². The van der Waals surface area contributed by atoms with Gasteiger partial charge in [0.2, 0.25) is 0 Å². The lowest BCUT2D eigenvalue weighted by atomic mass is 10.2. The molecular formula is C10H15N3. The molecule has 3 nitrogen and oxygen atoms in total. The topological polar surface area (TPSA) is 64.1 Å². The summed E-state index contributed by atoms with van der Waals surface area (Å²) in [7, 11) is 0. The van der Waals surface area contributed by atoms with Gasteiger partial charge in [0.25, 0.3) is 0 Å². The first-order chi connectivity index (χ1) is 6.25. The van der Waals surface area contributed by atoms with Gasteiger partial charge in [-0.25, -0.2) is 0 Å². The molecule has 1 aromatic rings. The van der Waals surface area contributed by atoms with Gasteiger partial charge in [-0.3, -0.25) is 0 Å². The summed E-state index contributed by atoms with van der Waals surface area (Å²) in [5.41, 5.74) is 13.8. The summed E-state index contributed by atoms with van der Waals surface area (Å²) in [5, 5.41) is 3.42. The number of anilines is 2. The third-order valence-electron chi connectivity index (χ3n) is 2.32. The molecule has 5 N–H and O–H groups in total. The maximum atomic E-state index is 5.69. The molecule has 2 rings (SSSR count). The van der Waals surface area contributed by atoms with Crippen LogP contribution in [0.4, 0.5) is 11.4 Å². The van der Waals surface area contributed by atoms with Crippen molar-refractivity contribution in [2.75, 3.05) is 11.5 Å². The third-order valence-corrected chi connectivity index (χ3v) is 2.32. The minimum absolute atomic E-state index is 0.662. The lowest BCUT2D eigenvalue weighted by Gasteiger charge is -2.05. The van der Waals surface area contributed by atoms with E-state index in [9.17, 15) is 0 Å². The molecule has 0 aliphatic heterocycles. The van der Waals surface area contributed by atoms with Gasteiger partial charge in [0.1, 0.15) is 0 Å². The Bertz CT molecular complexity index is 305. The van der Waals surface area contributed by atoms with Crippen LogP contribution in [0.5, 0.6) is 0 Å². The number of nitrogen functional groups attached to an aromatic ring is 2. The molecular weight excluding hydrogens is 162 g/mol. The van der Waals surface area contributed by atoms with Gasteiger partial charge in [-0.1, -0.05) is 6.07 Å². The Balaban J connectivity index is 1.98. The fraction of sp³-hybridized carbons (Fsp3) is 0.400. The van der Waals surface area contributed by atoms with Crippen molar-refractivity contribution in [2.24, 2.45) is 0 Å². The molecule has 0 aromatic heterocycles. The van der Waals surface area contributed by atoms with E-state index in [1.807, 2.05) is 18.2 Å². The first kappa shape index (κ1) is 8.38. The zero-order valence-corrected chi connectivity index (χ0v) is 7.59. The molecule has 1 saturated carbocycles. The maximum Gasteiger partial charge on any atom is 0.0551 e. The van der Waals surface area contributed by atoms with Crippen LogP contribution in [0.3, 0.4) is 0 Å². The highest BCUT2D eigenvalue weighted by atomic mass is 14.9. The Kier molecular flexibility index (Phi) is 2.10. The summed E-state index contributed by atoms with van der Waals surface area (Å²) in [6.45, 7) is 0.898. The summed E-state index contributed by atoms with van der Waals surface area (Å²) in [6, 6.07) is 6.55. The van der Waals surface area contributed by atoms with Crippen LogP contribution < -0.4 is 16.8 Å². The second-order valence-electron chi connectivity index (χ2n) is 3.62. The Labute approximate surface area is 78.1 Å². The predicted molar refractivity (Wildman–Crippen MR) is 55.1 cm³/mol. The van der Waals surface area contributed by atoms with Gasteiger partial charge in [0.15, 0.2) is 0 Å². The number of hydrogen-bond donors (Lipinski definition) is 3. The van der Waals surface area contributed by atoms with E-state index in [4.69, 9.17) is 11.5 Å². The van der Waals surface area contributed by atoms with Crippen molar-refractivity contribution < 1.29 is 0 Å². The standard InChI is InChI=1S/C10H15N3/c11-9-4-1-7(5-10(9)12)6-13-8-2-3-8/h1,4-5,8,13H,2-3,6,11-12H2. The van der Waals surface area contributed by atoms with Gasteiger partial charge in [-0.05, 0) is 30.5 Å². The average Bonchev–Trinajstić information content (AvgIpc) is 2.91. The molecule has 1 aromatic carbocycles. The summed E-state index contributed by atoms with van der Waals surface area (Å²) in [6.07, 6.45) is 2.62. The van der Waals surface area contributed by atoms with Crippen molar-refractivity contribution in [3.63, 3.8) is 0 Å². The van der Waals surface area contributed by atoms with Crippen LogP contribution >= 0.6 is 0 Å². The van der Waals surface area contributed by atoms with Crippen LogP contribution in [0.2, 0.25) is 0 Å². The molecule has 0 unspecified atom stereocenters. The number of nitrogens with two attached hydrogens (primary N) is 2. The molecule has 0 spiro atoms. The van der Waals surface area contributed by atoms with E-state index in [1.165, 1.54) is 18.4 Å². The second kappa shape index (κ2) is 3.26. The lowest BCUT2D eigenvalue weighted by Crippen LogP contribution is -2.15. The molecule has 1 fully saturated rings. The Morgan fingerprint density at radius 3 is 2.62 bits per heavy atom. The van der Waals surface area contributed by atoms with Crippen molar-refractivity contribution in [2.45, 2.75) is 25.4 Å². The molecule has 0 heterocycles. The minimum atomic E-state index is 0.662. The molecule has 0 atom stereocenters. The van der Waals surface area contributed by atoms with E-state index in [1.54, 1.807) is 0 Å². The van der Waals surface area contributed by atoms with E-state index in [0.29, 0.717) is 11.4 Å². The molecule has 0 radical (unpaired) electrons. The van der Waals surface area contributed by atoms with Crippen LogP contribution in [0.15, 0.2) is 18.2 Å². The normalized spacial score (nSPS) is 16.0. The highest BCUT2D eigenvalue weighted by Gasteiger charge is 2.19. The summed E-state index contributed by atoms with van der Waals surface area (Å²) < 4.78 is 0. The molecule has 1 aliphatic carbocycles. The maximum absolute atomic E-state index is 5.69. The van der Waals surface area contributed by atoms with Gasteiger partial charge < -0.3 is 16.8 Å². The first-order valence-corrected chi connectivity index (χ1v) is 4.63. The van der Waals surface area contributed by atoms with E-state index < -0.39 is 0 Å². The SMILES string of the molecule is Nc1ccc(CNC2CC2)cc1N. The lowest BCUT2D eigenvalue weighted by molar-refractivity contribution is 0.688. The minimum Gasteiger partial charge on any atom is -0.397 e. The molecule has 70 valence electrons. The Hall–Kier alpha value is -1.22. The largest absolute Gasteiger partial charge is 0.397 e.